The minimum absolute atomic E-state index is 0.275. The molecule has 6 heteroatoms. The van der Waals surface area contributed by atoms with Crippen LogP contribution < -0.4 is 4.90 Å². The van der Waals surface area contributed by atoms with Crippen LogP contribution in [0, 0.1) is 17.5 Å². The van der Waals surface area contributed by atoms with Crippen molar-refractivity contribution in [1.82, 2.24) is 4.98 Å². The summed E-state index contributed by atoms with van der Waals surface area (Å²) < 4.78 is 38.9. The van der Waals surface area contributed by atoms with E-state index >= 15 is 0 Å². The summed E-state index contributed by atoms with van der Waals surface area (Å²) in [4.78, 5) is 17.0. The molecule has 1 aromatic heterocycles. The van der Waals surface area contributed by atoms with Gasteiger partial charge in [-0.1, -0.05) is 0 Å². The Balaban J connectivity index is 2.35. The maximum atomic E-state index is 13.1. The number of carbonyl (C=O) groups excluding carboxylic acids is 1. The van der Waals surface area contributed by atoms with Gasteiger partial charge in [-0.05, 0) is 24.3 Å². The summed E-state index contributed by atoms with van der Waals surface area (Å²) in [7, 11) is 1.43. The number of amides is 1. The first kappa shape index (κ1) is 13.1. The van der Waals surface area contributed by atoms with Crippen LogP contribution in [-0.2, 0) is 0 Å². The van der Waals surface area contributed by atoms with E-state index in [2.05, 4.69) is 4.98 Å². The number of anilines is 1. The molecule has 0 aliphatic rings. The lowest BCUT2D eigenvalue weighted by Crippen LogP contribution is -2.26. The molecule has 0 radical (unpaired) electrons. The molecule has 0 unspecified atom stereocenters. The van der Waals surface area contributed by atoms with Crippen LogP contribution in [0.4, 0.5) is 18.9 Å². The van der Waals surface area contributed by atoms with Gasteiger partial charge in [-0.15, -0.1) is 0 Å². The Bertz CT molecular complexity index is 594. The number of nitrogens with zero attached hydrogens (tertiary/aromatic N) is 2. The molecule has 0 aliphatic carbocycles. The highest BCUT2D eigenvalue weighted by Gasteiger charge is 2.18. The highest BCUT2D eigenvalue weighted by molar-refractivity contribution is 6.05. The van der Waals surface area contributed by atoms with Crippen molar-refractivity contribution in [3.8, 4) is 0 Å². The predicted molar refractivity (Wildman–Crippen MR) is 63.3 cm³/mol. The molecule has 0 bridgehead atoms. The van der Waals surface area contributed by atoms with Gasteiger partial charge in [0.15, 0.2) is 17.5 Å². The molecule has 3 nitrogen and oxygen atoms in total. The van der Waals surface area contributed by atoms with E-state index in [1.54, 1.807) is 12.1 Å². The molecule has 1 heterocycles. The Hall–Kier alpha value is -2.37. The topological polar surface area (TPSA) is 33.2 Å². The first-order chi connectivity index (χ1) is 9.00. The van der Waals surface area contributed by atoms with E-state index in [0.29, 0.717) is 17.8 Å². The van der Waals surface area contributed by atoms with Crippen LogP contribution in [0.25, 0.3) is 0 Å². The van der Waals surface area contributed by atoms with Crippen LogP contribution in [-0.4, -0.2) is 17.9 Å². The number of benzene rings is 1. The fourth-order valence-corrected chi connectivity index (χ4v) is 1.54. The van der Waals surface area contributed by atoms with E-state index < -0.39 is 23.4 Å². The normalized spacial score (nSPS) is 10.3. The number of hydrogen-bond donors (Lipinski definition) is 0. The van der Waals surface area contributed by atoms with Gasteiger partial charge in [-0.2, -0.15) is 0 Å². The quantitative estimate of drug-likeness (QED) is 0.783. The van der Waals surface area contributed by atoms with Gasteiger partial charge in [-0.3, -0.25) is 9.78 Å². The maximum Gasteiger partial charge on any atom is 0.258 e. The van der Waals surface area contributed by atoms with Crippen molar-refractivity contribution in [3.63, 3.8) is 0 Å². The van der Waals surface area contributed by atoms with Crippen molar-refractivity contribution in [2.45, 2.75) is 0 Å². The molecule has 0 N–H and O–H groups in total. The van der Waals surface area contributed by atoms with Gasteiger partial charge in [0.05, 0.1) is 11.9 Å². The second-order valence-corrected chi connectivity index (χ2v) is 3.83. The van der Waals surface area contributed by atoms with Crippen LogP contribution in [0.5, 0.6) is 0 Å². The third kappa shape index (κ3) is 2.57. The monoisotopic (exact) mass is 266 g/mol. The van der Waals surface area contributed by atoms with Crippen LogP contribution in [0.3, 0.4) is 0 Å². The van der Waals surface area contributed by atoms with Crippen molar-refractivity contribution >= 4 is 11.6 Å². The number of halogens is 3. The minimum Gasteiger partial charge on any atom is -0.310 e. The van der Waals surface area contributed by atoms with Gasteiger partial charge in [0.25, 0.3) is 5.91 Å². The molecule has 19 heavy (non-hydrogen) atoms. The van der Waals surface area contributed by atoms with E-state index in [1.165, 1.54) is 24.3 Å². The molecule has 98 valence electrons. The number of rotatable bonds is 2. The van der Waals surface area contributed by atoms with E-state index in [4.69, 9.17) is 0 Å². The fraction of sp³-hybridized carbons (Fsp3) is 0.0769. The average molecular weight is 266 g/mol. The van der Waals surface area contributed by atoms with E-state index in [0.717, 1.165) is 0 Å². The molecule has 2 aromatic rings. The van der Waals surface area contributed by atoms with Crippen LogP contribution in [0.1, 0.15) is 10.4 Å². The first-order valence-electron chi connectivity index (χ1n) is 5.33. The molecule has 1 aromatic carbocycles. The molecule has 0 aliphatic heterocycles. The number of hydrogen-bond acceptors (Lipinski definition) is 2. The van der Waals surface area contributed by atoms with Crippen molar-refractivity contribution in [3.05, 3.63) is 59.7 Å². The Morgan fingerprint density at radius 3 is 2.37 bits per heavy atom. The van der Waals surface area contributed by atoms with Gasteiger partial charge in [0, 0.05) is 18.8 Å². The van der Waals surface area contributed by atoms with E-state index in [1.807, 2.05) is 0 Å². The highest BCUT2D eigenvalue weighted by Crippen LogP contribution is 2.17. The zero-order chi connectivity index (χ0) is 14.0. The first-order valence-corrected chi connectivity index (χ1v) is 5.33. The Kier molecular flexibility index (Phi) is 3.50. The molecule has 0 spiro atoms. The van der Waals surface area contributed by atoms with Gasteiger partial charge >= 0.3 is 0 Å². The molecular formula is C13H9F3N2O. The summed E-state index contributed by atoms with van der Waals surface area (Å²) in [5, 5.41) is 0. The van der Waals surface area contributed by atoms with Crippen LogP contribution in [0.15, 0.2) is 36.7 Å². The smallest absolute Gasteiger partial charge is 0.258 e. The van der Waals surface area contributed by atoms with Crippen molar-refractivity contribution < 1.29 is 18.0 Å². The van der Waals surface area contributed by atoms with Gasteiger partial charge in [0.2, 0.25) is 0 Å². The van der Waals surface area contributed by atoms with Crippen LogP contribution >= 0.6 is 0 Å². The Morgan fingerprint density at radius 2 is 1.84 bits per heavy atom. The average Bonchev–Trinajstić information content (AvgIpc) is 2.43. The summed E-state index contributed by atoms with van der Waals surface area (Å²) in [5.74, 6) is -5.06. The standard InChI is InChI=1S/C13H9F3N2O/c1-18(9-3-2-4-17-7-9)13(19)8-5-10(14)12(16)11(15)6-8/h2-7H,1H3. The number of aromatic nitrogens is 1. The zero-order valence-corrected chi connectivity index (χ0v) is 9.90. The Morgan fingerprint density at radius 1 is 1.21 bits per heavy atom. The fourth-order valence-electron chi connectivity index (χ4n) is 1.54. The number of carbonyl (C=O) groups is 1. The molecule has 2 rings (SSSR count). The third-order valence-corrected chi connectivity index (χ3v) is 2.57. The second-order valence-electron chi connectivity index (χ2n) is 3.83. The highest BCUT2D eigenvalue weighted by atomic mass is 19.2. The Labute approximate surface area is 107 Å². The molecular weight excluding hydrogens is 257 g/mol. The third-order valence-electron chi connectivity index (χ3n) is 2.57. The van der Waals surface area contributed by atoms with Crippen molar-refractivity contribution in [1.29, 1.82) is 0 Å². The lowest BCUT2D eigenvalue weighted by Gasteiger charge is -2.16. The summed E-state index contributed by atoms with van der Waals surface area (Å²) in [6, 6.07) is 4.55. The van der Waals surface area contributed by atoms with E-state index in [-0.39, 0.29) is 5.56 Å². The molecule has 0 saturated heterocycles. The molecule has 0 atom stereocenters. The SMILES string of the molecule is CN(C(=O)c1cc(F)c(F)c(F)c1)c1cccnc1. The van der Waals surface area contributed by atoms with Crippen molar-refractivity contribution in [2.75, 3.05) is 11.9 Å². The second kappa shape index (κ2) is 5.09. The number of pyridine rings is 1. The summed E-state index contributed by atoms with van der Waals surface area (Å²) in [6.45, 7) is 0. The van der Waals surface area contributed by atoms with E-state index in [9.17, 15) is 18.0 Å². The lowest BCUT2D eigenvalue weighted by molar-refractivity contribution is 0.0992. The maximum absolute atomic E-state index is 13.1. The summed E-state index contributed by atoms with van der Waals surface area (Å²) in [6.07, 6.45) is 2.95. The van der Waals surface area contributed by atoms with Crippen LogP contribution in [0.2, 0.25) is 0 Å². The summed E-state index contributed by atoms with van der Waals surface area (Å²) >= 11 is 0. The molecule has 0 fully saturated rings. The largest absolute Gasteiger partial charge is 0.310 e. The summed E-state index contributed by atoms with van der Waals surface area (Å²) in [5.41, 5.74) is 0.181. The predicted octanol–water partition coefficient (Wildman–Crippen LogP) is 2.78. The molecule has 1 amide bonds. The zero-order valence-electron chi connectivity index (χ0n) is 9.90. The van der Waals surface area contributed by atoms with Crippen molar-refractivity contribution in [2.24, 2.45) is 0 Å². The van der Waals surface area contributed by atoms with Gasteiger partial charge < -0.3 is 4.90 Å². The minimum atomic E-state index is -1.60. The van der Waals surface area contributed by atoms with Gasteiger partial charge in [0.1, 0.15) is 0 Å². The van der Waals surface area contributed by atoms with Gasteiger partial charge in [-0.25, -0.2) is 13.2 Å². The molecule has 0 saturated carbocycles. The lowest BCUT2D eigenvalue weighted by atomic mass is 10.1.